The Bertz CT molecular complexity index is 614. The standard InChI is InChI=1S/C15H24N2O3S2/c1-11-6-9-21-15(11)22(18,19)17-7-3-2-4-13(17)14-10-12(16)5-8-20-14/h6,9,12-14H,2-5,7-8,10,16H2,1H3. The van der Waals surface area contributed by atoms with Crippen LogP contribution in [0.1, 0.15) is 37.7 Å². The van der Waals surface area contributed by atoms with E-state index < -0.39 is 10.0 Å². The second-order valence-corrected chi connectivity index (χ2v) is 9.27. The number of rotatable bonds is 3. The van der Waals surface area contributed by atoms with Gasteiger partial charge in [0.1, 0.15) is 4.21 Å². The van der Waals surface area contributed by atoms with Crippen molar-refractivity contribution in [1.29, 1.82) is 0 Å². The summed E-state index contributed by atoms with van der Waals surface area (Å²) in [5.41, 5.74) is 6.89. The number of ether oxygens (including phenoxy) is 1. The molecule has 0 radical (unpaired) electrons. The quantitative estimate of drug-likeness (QED) is 0.911. The monoisotopic (exact) mass is 344 g/mol. The molecule has 3 rings (SSSR count). The fourth-order valence-electron chi connectivity index (χ4n) is 3.45. The SMILES string of the molecule is Cc1ccsc1S(=O)(=O)N1CCCCC1C1CC(N)CCO1. The molecule has 5 nitrogen and oxygen atoms in total. The molecule has 2 saturated heterocycles. The van der Waals surface area contributed by atoms with E-state index in [1.807, 2.05) is 18.4 Å². The van der Waals surface area contributed by atoms with Gasteiger partial charge in [-0.2, -0.15) is 4.31 Å². The lowest BCUT2D eigenvalue weighted by atomic mass is 9.93. The minimum atomic E-state index is -3.43. The van der Waals surface area contributed by atoms with Crippen LogP contribution >= 0.6 is 11.3 Å². The molecule has 0 aliphatic carbocycles. The summed E-state index contributed by atoms with van der Waals surface area (Å²) in [5.74, 6) is 0. The van der Waals surface area contributed by atoms with E-state index in [0.717, 1.165) is 37.7 Å². The lowest BCUT2D eigenvalue weighted by molar-refractivity contribution is -0.0386. The van der Waals surface area contributed by atoms with Crippen LogP contribution in [0.2, 0.25) is 0 Å². The Hall–Kier alpha value is -0.470. The molecule has 2 N–H and O–H groups in total. The number of nitrogens with two attached hydrogens (primary N) is 1. The van der Waals surface area contributed by atoms with Gasteiger partial charge in [0.2, 0.25) is 0 Å². The Morgan fingerprint density at radius 3 is 2.86 bits per heavy atom. The van der Waals surface area contributed by atoms with Crippen molar-refractivity contribution in [1.82, 2.24) is 4.31 Å². The number of piperidine rings is 1. The summed E-state index contributed by atoms with van der Waals surface area (Å²) in [6.45, 7) is 3.07. The number of aryl methyl sites for hydroxylation is 1. The van der Waals surface area contributed by atoms with Crippen molar-refractivity contribution in [3.05, 3.63) is 17.0 Å². The van der Waals surface area contributed by atoms with Crippen LogP contribution < -0.4 is 5.73 Å². The first-order valence-corrected chi connectivity index (χ1v) is 10.3. The van der Waals surface area contributed by atoms with Gasteiger partial charge in [-0.05, 0) is 49.6 Å². The van der Waals surface area contributed by atoms with Crippen LogP contribution in [0.4, 0.5) is 0 Å². The van der Waals surface area contributed by atoms with Crippen molar-refractivity contribution in [3.8, 4) is 0 Å². The summed E-state index contributed by atoms with van der Waals surface area (Å²) in [6.07, 6.45) is 4.37. The summed E-state index contributed by atoms with van der Waals surface area (Å²) in [5, 5.41) is 1.84. The van der Waals surface area contributed by atoms with Gasteiger partial charge in [0.25, 0.3) is 10.0 Å². The predicted octanol–water partition coefficient (Wildman–Crippen LogP) is 2.11. The highest BCUT2D eigenvalue weighted by Crippen LogP contribution is 2.33. The highest BCUT2D eigenvalue weighted by Gasteiger charge is 2.40. The second kappa shape index (κ2) is 6.57. The van der Waals surface area contributed by atoms with Gasteiger partial charge in [-0.1, -0.05) is 6.42 Å². The van der Waals surface area contributed by atoms with E-state index in [2.05, 4.69) is 0 Å². The van der Waals surface area contributed by atoms with Crippen molar-refractivity contribution in [2.45, 2.75) is 61.4 Å². The number of hydrogen-bond acceptors (Lipinski definition) is 5. The molecule has 7 heteroatoms. The molecule has 1 aromatic rings. The van der Waals surface area contributed by atoms with Gasteiger partial charge in [0.15, 0.2) is 0 Å². The van der Waals surface area contributed by atoms with E-state index in [1.54, 1.807) is 4.31 Å². The molecule has 3 unspecified atom stereocenters. The highest BCUT2D eigenvalue weighted by atomic mass is 32.2. The van der Waals surface area contributed by atoms with E-state index in [-0.39, 0.29) is 18.2 Å². The summed E-state index contributed by atoms with van der Waals surface area (Å²) < 4.78 is 34.1. The fraction of sp³-hybridized carbons (Fsp3) is 0.733. The first-order chi connectivity index (χ1) is 10.5. The van der Waals surface area contributed by atoms with Gasteiger partial charge in [-0.25, -0.2) is 8.42 Å². The summed E-state index contributed by atoms with van der Waals surface area (Å²) in [4.78, 5) is 0. The van der Waals surface area contributed by atoms with E-state index in [9.17, 15) is 8.42 Å². The smallest absolute Gasteiger partial charge is 0.253 e. The van der Waals surface area contributed by atoms with E-state index in [4.69, 9.17) is 10.5 Å². The maximum atomic E-state index is 13.1. The minimum Gasteiger partial charge on any atom is -0.376 e. The average molecular weight is 345 g/mol. The van der Waals surface area contributed by atoms with Gasteiger partial charge in [-0.15, -0.1) is 11.3 Å². The van der Waals surface area contributed by atoms with Gasteiger partial charge in [0, 0.05) is 19.2 Å². The molecule has 2 aliphatic rings. The van der Waals surface area contributed by atoms with Crippen molar-refractivity contribution in [2.75, 3.05) is 13.2 Å². The van der Waals surface area contributed by atoms with Crippen LogP contribution in [0.3, 0.4) is 0 Å². The predicted molar refractivity (Wildman–Crippen MR) is 87.5 cm³/mol. The largest absolute Gasteiger partial charge is 0.376 e. The molecular formula is C15H24N2O3S2. The van der Waals surface area contributed by atoms with Gasteiger partial charge >= 0.3 is 0 Å². The zero-order chi connectivity index (χ0) is 15.7. The number of sulfonamides is 1. The zero-order valence-electron chi connectivity index (χ0n) is 12.9. The molecule has 3 heterocycles. The maximum absolute atomic E-state index is 13.1. The van der Waals surface area contributed by atoms with E-state index >= 15 is 0 Å². The van der Waals surface area contributed by atoms with Gasteiger partial charge in [-0.3, -0.25) is 0 Å². The highest BCUT2D eigenvalue weighted by molar-refractivity contribution is 7.91. The Morgan fingerprint density at radius 1 is 1.36 bits per heavy atom. The molecule has 0 bridgehead atoms. The molecule has 3 atom stereocenters. The van der Waals surface area contributed by atoms with Crippen molar-refractivity contribution >= 4 is 21.4 Å². The Morgan fingerprint density at radius 2 is 2.18 bits per heavy atom. The molecule has 0 aromatic carbocycles. The third kappa shape index (κ3) is 3.10. The number of thiophene rings is 1. The second-order valence-electron chi connectivity index (χ2n) is 6.26. The lowest BCUT2D eigenvalue weighted by Crippen LogP contribution is -2.53. The van der Waals surface area contributed by atoms with Crippen LogP contribution in [-0.2, 0) is 14.8 Å². The summed E-state index contributed by atoms with van der Waals surface area (Å²) in [6, 6.07) is 1.91. The molecular weight excluding hydrogens is 320 g/mol. The van der Waals surface area contributed by atoms with Crippen molar-refractivity contribution in [3.63, 3.8) is 0 Å². The lowest BCUT2D eigenvalue weighted by Gasteiger charge is -2.41. The Balaban J connectivity index is 1.88. The van der Waals surface area contributed by atoms with Crippen LogP contribution in [-0.4, -0.2) is 44.1 Å². The molecule has 2 fully saturated rings. The van der Waals surface area contributed by atoms with Crippen molar-refractivity contribution in [2.24, 2.45) is 5.73 Å². The summed E-state index contributed by atoms with van der Waals surface area (Å²) >= 11 is 1.30. The number of hydrogen-bond donors (Lipinski definition) is 1. The first-order valence-electron chi connectivity index (χ1n) is 7.93. The minimum absolute atomic E-state index is 0.0703. The fourth-order valence-corrected chi connectivity index (χ4v) is 6.70. The molecule has 0 saturated carbocycles. The zero-order valence-corrected chi connectivity index (χ0v) is 14.5. The van der Waals surface area contributed by atoms with E-state index in [0.29, 0.717) is 17.4 Å². The van der Waals surface area contributed by atoms with Crippen LogP contribution in [0.5, 0.6) is 0 Å². The van der Waals surface area contributed by atoms with Gasteiger partial charge in [0.05, 0.1) is 12.1 Å². The first kappa shape index (κ1) is 16.4. The average Bonchev–Trinajstić information content (AvgIpc) is 2.94. The molecule has 22 heavy (non-hydrogen) atoms. The topological polar surface area (TPSA) is 72.6 Å². The molecule has 1 aromatic heterocycles. The van der Waals surface area contributed by atoms with Crippen LogP contribution in [0.15, 0.2) is 15.7 Å². The molecule has 124 valence electrons. The number of nitrogens with zero attached hydrogens (tertiary/aromatic N) is 1. The van der Waals surface area contributed by atoms with Crippen molar-refractivity contribution < 1.29 is 13.2 Å². The third-order valence-corrected chi connectivity index (χ3v) is 8.23. The molecule has 0 amide bonds. The Kier molecular flexibility index (Phi) is 4.89. The van der Waals surface area contributed by atoms with Crippen LogP contribution in [0, 0.1) is 6.92 Å². The van der Waals surface area contributed by atoms with E-state index in [1.165, 1.54) is 11.3 Å². The maximum Gasteiger partial charge on any atom is 0.253 e. The van der Waals surface area contributed by atoms with Gasteiger partial charge < -0.3 is 10.5 Å². The summed E-state index contributed by atoms with van der Waals surface area (Å²) in [7, 11) is -3.43. The normalized spacial score (nSPS) is 31.3. The molecule has 0 spiro atoms. The Labute approximate surface area is 136 Å². The third-order valence-electron chi connectivity index (χ3n) is 4.64. The molecule has 2 aliphatic heterocycles. The van der Waals surface area contributed by atoms with Crippen LogP contribution in [0.25, 0.3) is 0 Å².